The number of hydrogen-bond acceptors (Lipinski definition) is 4. The van der Waals surface area contributed by atoms with Crippen LogP contribution < -0.4 is 15.5 Å². The van der Waals surface area contributed by atoms with Gasteiger partial charge in [0.25, 0.3) is 0 Å². The second-order valence-corrected chi connectivity index (χ2v) is 8.05. The summed E-state index contributed by atoms with van der Waals surface area (Å²) in [4.78, 5) is 7.17. The van der Waals surface area contributed by atoms with Crippen LogP contribution in [0.2, 0.25) is 0 Å². The molecule has 2 heterocycles. The molecule has 2 aromatic rings. The molecule has 0 saturated heterocycles. The zero-order valence-corrected chi connectivity index (χ0v) is 19.3. The Hall–Kier alpha value is -2.57. The topological polar surface area (TPSA) is 70.4 Å². The second kappa shape index (κ2) is 13.0. The third-order valence-corrected chi connectivity index (χ3v) is 5.76. The molecule has 1 aliphatic rings. The van der Waals surface area contributed by atoms with Crippen LogP contribution >= 0.6 is 0 Å². The molecule has 0 spiro atoms. The molecule has 7 heteroatoms. The predicted molar refractivity (Wildman–Crippen MR) is 129 cm³/mol. The lowest BCUT2D eigenvalue weighted by Crippen LogP contribution is -2.38. The fraction of sp³-hybridized carbons (Fsp3) is 0.625. The molecule has 31 heavy (non-hydrogen) atoms. The molecule has 2 N–H and O–H groups in total. The molecule has 170 valence electrons. The maximum absolute atomic E-state index is 4.77. The van der Waals surface area contributed by atoms with Gasteiger partial charge in [0.1, 0.15) is 11.6 Å². The number of benzene rings is 1. The first-order valence-electron chi connectivity index (χ1n) is 12.0. The van der Waals surface area contributed by atoms with E-state index in [1.54, 1.807) is 0 Å². The van der Waals surface area contributed by atoms with Crippen LogP contribution in [0.4, 0.5) is 5.69 Å². The molecule has 1 aromatic heterocycles. The highest BCUT2D eigenvalue weighted by Gasteiger charge is 2.14. The van der Waals surface area contributed by atoms with Gasteiger partial charge in [0.15, 0.2) is 5.96 Å². The number of aromatic nitrogens is 3. The van der Waals surface area contributed by atoms with Gasteiger partial charge in [-0.3, -0.25) is 4.99 Å². The van der Waals surface area contributed by atoms with Crippen molar-refractivity contribution in [3.63, 3.8) is 0 Å². The van der Waals surface area contributed by atoms with E-state index in [1.807, 2.05) is 0 Å². The fourth-order valence-electron chi connectivity index (χ4n) is 4.09. The molecule has 0 aliphatic carbocycles. The van der Waals surface area contributed by atoms with Crippen molar-refractivity contribution in [1.29, 1.82) is 0 Å². The molecule has 0 saturated carbocycles. The average Bonchev–Trinajstić information content (AvgIpc) is 3.02. The molecule has 0 atom stereocenters. The SMILES string of the molecule is CCNC(=NCCCN(CC)c1ccccc1)NCCCc1nnc2n1CCCCC2. The van der Waals surface area contributed by atoms with Crippen molar-refractivity contribution < 1.29 is 0 Å². The summed E-state index contributed by atoms with van der Waals surface area (Å²) in [5, 5.41) is 15.7. The summed E-state index contributed by atoms with van der Waals surface area (Å²) in [6.45, 7) is 9.99. The fourth-order valence-corrected chi connectivity index (χ4v) is 4.09. The first-order valence-corrected chi connectivity index (χ1v) is 12.0. The summed E-state index contributed by atoms with van der Waals surface area (Å²) in [5.41, 5.74) is 1.28. The Morgan fingerprint density at radius 1 is 1.06 bits per heavy atom. The summed E-state index contributed by atoms with van der Waals surface area (Å²) < 4.78 is 2.35. The van der Waals surface area contributed by atoms with Gasteiger partial charge in [0.05, 0.1) is 0 Å². The van der Waals surface area contributed by atoms with Crippen LogP contribution in [0.5, 0.6) is 0 Å². The molecule has 3 rings (SSSR count). The molecule has 0 radical (unpaired) electrons. The zero-order valence-electron chi connectivity index (χ0n) is 19.3. The Labute approximate surface area is 187 Å². The van der Waals surface area contributed by atoms with Crippen molar-refractivity contribution in [2.24, 2.45) is 4.99 Å². The summed E-state index contributed by atoms with van der Waals surface area (Å²) >= 11 is 0. The summed E-state index contributed by atoms with van der Waals surface area (Å²) in [7, 11) is 0. The number of guanidine groups is 1. The van der Waals surface area contributed by atoms with E-state index in [-0.39, 0.29) is 0 Å². The largest absolute Gasteiger partial charge is 0.372 e. The Bertz CT molecular complexity index is 784. The van der Waals surface area contributed by atoms with Gasteiger partial charge in [0, 0.05) is 57.8 Å². The number of para-hydroxylation sites is 1. The molecule has 1 aromatic carbocycles. The van der Waals surface area contributed by atoms with Gasteiger partial charge in [-0.25, -0.2) is 0 Å². The Morgan fingerprint density at radius 2 is 1.94 bits per heavy atom. The number of rotatable bonds is 11. The normalized spacial score (nSPS) is 14.1. The molecule has 0 bridgehead atoms. The minimum atomic E-state index is 0.816. The number of nitrogens with one attached hydrogen (secondary N) is 2. The van der Waals surface area contributed by atoms with E-state index in [2.05, 4.69) is 74.5 Å². The second-order valence-electron chi connectivity index (χ2n) is 8.05. The number of hydrogen-bond donors (Lipinski definition) is 2. The lowest BCUT2D eigenvalue weighted by atomic mass is 10.2. The standard InChI is InChI=1S/C24H39N7/c1-3-25-24(27-18-12-19-30(4-2)21-13-7-5-8-14-21)26-17-11-16-23-29-28-22-15-9-6-10-20-31(22)23/h5,7-8,13-14H,3-4,6,9-12,15-20H2,1-2H3,(H2,25,26,27). The zero-order chi connectivity index (χ0) is 21.7. The van der Waals surface area contributed by atoms with Crippen molar-refractivity contribution in [3.8, 4) is 0 Å². The maximum Gasteiger partial charge on any atom is 0.191 e. The van der Waals surface area contributed by atoms with Crippen LogP contribution in [0.25, 0.3) is 0 Å². The van der Waals surface area contributed by atoms with Crippen LogP contribution in [-0.4, -0.2) is 53.4 Å². The predicted octanol–water partition coefficient (Wildman–Crippen LogP) is 3.41. The Kier molecular flexibility index (Phi) is 9.67. The third-order valence-electron chi connectivity index (χ3n) is 5.76. The van der Waals surface area contributed by atoms with E-state index in [4.69, 9.17) is 4.99 Å². The van der Waals surface area contributed by atoms with Crippen molar-refractivity contribution >= 4 is 11.6 Å². The highest BCUT2D eigenvalue weighted by molar-refractivity contribution is 5.79. The van der Waals surface area contributed by atoms with Gasteiger partial charge in [-0.2, -0.15) is 0 Å². The smallest absolute Gasteiger partial charge is 0.191 e. The first kappa shape index (κ1) is 23.1. The van der Waals surface area contributed by atoms with Crippen molar-refractivity contribution in [2.75, 3.05) is 37.6 Å². The molecular formula is C24H39N7. The molecular weight excluding hydrogens is 386 g/mol. The van der Waals surface area contributed by atoms with Gasteiger partial charge >= 0.3 is 0 Å². The summed E-state index contributed by atoms with van der Waals surface area (Å²) in [5.74, 6) is 3.22. The van der Waals surface area contributed by atoms with Gasteiger partial charge in [-0.15, -0.1) is 10.2 Å². The molecule has 7 nitrogen and oxygen atoms in total. The van der Waals surface area contributed by atoms with Crippen molar-refractivity contribution in [3.05, 3.63) is 42.0 Å². The van der Waals surface area contributed by atoms with E-state index in [0.29, 0.717) is 0 Å². The quantitative estimate of drug-likeness (QED) is 0.328. The number of anilines is 1. The van der Waals surface area contributed by atoms with Gasteiger partial charge < -0.3 is 20.1 Å². The van der Waals surface area contributed by atoms with Crippen LogP contribution in [0.3, 0.4) is 0 Å². The van der Waals surface area contributed by atoms with Crippen LogP contribution in [0, 0.1) is 0 Å². The van der Waals surface area contributed by atoms with E-state index in [0.717, 1.165) is 76.7 Å². The van der Waals surface area contributed by atoms with E-state index in [1.165, 1.54) is 30.8 Å². The van der Waals surface area contributed by atoms with E-state index >= 15 is 0 Å². The Morgan fingerprint density at radius 3 is 2.74 bits per heavy atom. The summed E-state index contributed by atoms with van der Waals surface area (Å²) in [6, 6.07) is 10.6. The van der Waals surface area contributed by atoms with Crippen molar-refractivity contribution in [2.45, 2.75) is 65.3 Å². The first-order chi connectivity index (χ1) is 15.3. The van der Waals surface area contributed by atoms with Crippen molar-refractivity contribution in [1.82, 2.24) is 25.4 Å². The third kappa shape index (κ3) is 7.26. The number of nitrogens with zero attached hydrogens (tertiary/aromatic N) is 5. The monoisotopic (exact) mass is 425 g/mol. The molecule has 0 amide bonds. The lowest BCUT2D eigenvalue weighted by Gasteiger charge is -2.22. The lowest BCUT2D eigenvalue weighted by molar-refractivity contribution is 0.593. The molecule has 0 fully saturated rings. The number of aryl methyl sites for hydroxylation is 2. The van der Waals surface area contributed by atoms with Crippen LogP contribution in [-0.2, 0) is 19.4 Å². The average molecular weight is 426 g/mol. The van der Waals surface area contributed by atoms with Gasteiger partial charge in [0.2, 0.25) is 0 Å². The maximum atomic E-state index is 4.77. The minimum absolute atomic E-state index is 0.816. The molecule has 1 aliphatic heterocycles. The molecule has 0 unspecified atom stereocenters. The highest BCUT2D eigenvalue weighted by atomic mass is 15.3. The van der Waals surface area contributed by atoms with Gasteiger partial charge in [-0.1, -0.05) is 24.6 Å². The number of fused-ring (bicyclic) bond motifs is 1. The highest BCUT2D eigenvalue weighted by Crippen LogP contribution is 2.15. The van der Waals surface area contributed by atoms with E-state index < -0.39 is 0 Å². The minimum Gasteiger partial charge on any atom is -0.372 e. The van der Waals surface area contributed by atoms with Crippen LogP contribution in [0.15, 0.2) is 35.3 Å². The number of aliphatic imine (C=N–C) groups is 1. The Balaban J connectivity index is 1.40. The van der Waals surface area contributed by atoms with Crippen LogP contribution in [0.1, 0.15) is 57.6 Å². The van der Waals surface area contributed by atoms with E-state index in [9.17, 15) is 0 Å². The summed E-state index contributed by atoms with van der Waals surface area (Å²) in [6.07, 6.45) is 7.88. The van der Waals surface area contributed by atoms with Gasteiger partial charge in [-0.05, 0) is 51.7 Å².